The van der Waals surface area contributed by atoms with Gasteiger partial charge < -0.3 is 16.0 Å². The van der Waals surface area contributed by atoms with Gasteiger partial charge >= 0.3 is 0 Å². The molecule has 0 aliphatic heterocycles. The number of carbonyl (C=O) groups excluding carboxylic acids is 1. The number of carbonyl (C=O) groups is 1. The van der Waals surface area contributed by atoms with E-state index in [1.807, 2.05) is 13.8 Å². The molecule has 4 N–H and O–H groups in total. The van der Waals surface area contributed by atoms with Gasteiger partial charge in [0, 0.05) is 6.04 Å². The third-order valence-electron chi connectivity index (χ3n) is 1.31. The molecule has 66 valence electrons. The maximum absolute atomic E-state index is 10.8. The third-order valence-corrected chi connectivity index (χ3v) is 1.31. The highest BCUT2D eigenvalue weighted by Gasteiger charge is 2.10. The van der Waals surface area contributed by atoms with Crippen LogP contribution in [0.2, 0.25) is 0 Å². The van der Waals surface area contributed by atoms with E-state index in [1.165, 1.54) is 6.33 Å². The molecule has 5 nitrogen and oxygen atoms in total. The third kappa shape index (κ3) is 1.75. The molecule has 0 aromatic carbocycles. The smallest absolute Gasteiger partial charge is 0.271 e. The standard InChI is InChI=1S/C7H12N4O/c1-4(2)11-7-5(6(8)12)9-3-10-7/h3-4,11H,1-2H3,(H2,8,12)(H,9,10). The number of nitrogens with zero attached hydrogens (tertiary/aromatic N) is 1. The van der Waals surface area contributed by atoms with Crippen LogP contribution >= 0.6 is 0 Å². The Morgan fingerprint density at radius 1 is 1.75 bits per heavy atom. The van der Waals surface area contributed by atoms with Crippen molar-refractivity contribution in [1.29, 1.82) is 0 Å². The molecule has 0 bridgehead atoms. The summed E-state index contributed by atoms with van der Waals surface area (Å²) in [6.45, 7) is 3.93. The lowest BCUT2D eigenvalue weighted by Gasteiger charge is -2.07. The molecule has 0 atom stereocenters. The number of hydrogen-bond acceptors (Lipinski definition) is 3. The first-order valence-electron chi connectivity index (χ1n) is 3.71. The fourth-order valence-corrected chi connectivity index (χ4v) is 0.880. The van der Waals surface area contributed by atoms with Crippen LogP contribution in [-0.2, 0) is 0 Å². The second-order valence-corrected chi connectivity index (χ2v) is 2.79. The van der Waals surface area contributed by atoms with E-state index in [2.05, 4.69) is 15.3 Å². The number of aromatic amines is 1. The first-order chi connectivity index (χ1) is 5.61. The molecular formula is C7H12N4O. The number of rotatable bonds is 3. The Bertz CT molecular complexity index is 279. The van der Waals surface area contributed by atoms with Crippen LogP contribution in [0.5, 0.6) is 0 Å². The average Bonchev–Trinajstić information content (AvgIpc) is 2.33. The second kappa shape index (κ2) is 3.25. The summed E-state index contributed by atoms with van der Waals surface area (Å²) in [5.74, 6) is 0.0527. The van der Waals surface area contributed by atoms with Gasteiger partial charge in [0.15, 0.2) is 5.69 Å². The Kier molecular flexibility index (Phi) is 2.32. The van der Waals surface area contributed by atoms with Crippen molar-refractivity contribution in [1.82, 2.24) is 9.97 Å². The molecule has 1 amide bonds. The number of primary amides is 1. The SMILES string of the molecule is CC(C)Nc1[nH]cnc1C(N)=O. The van der Waals surface area contributed by atoms with Crippen LogP contribution in [0.3, 0.4) is 0 Å². The number of hydrogen-bond donors (Lipinski definition) is 3. The highest BCUT2D eigenvalue weighted by molar-refractivity contribution is 5.95. The van der Waals surface area contributed by atoms with Gasteiger partial charge in [-0.2, -0.15) is 0 Å². The van der Waals surface area contributed by atoms with Crippen LogP contribution in [-0.4, -0.2) is 21.9 Å². The molecule has 1 heterocycles. The summed E-state index contributed by atoms with van der Waals surface area (Å²) in [6, 6.07) is 0.239. The molecule has 0 saturated heterocycles. The lowest BCUT2D eigenvalue weighted by atomic mass is 10.3. The summed E-state index contributed by atoms with van der Waals surface area (Å²) in [5.41, 5.74) is 5.33. The van der Waals surface area contributed by atoms with E-state index in [-0.39, 0.29) is 11.7 Å². The van der Waals surface area contributed by atoms with Gasteiger partial charge in [0.25, 0.3) is 5.91 Å². The highest BCUT2D eigenvalue weighted by atomic mass is 16.1. The van der Waals surface area contributed by atoms with E-state index in [1.54, 1.807) is 0 Å². The van der Waals surface area contributed by atoms with Crippen molar-refractivity contribution in [3.05, 3.63) is 12.0 Å². The Hall–Kier alpha value is -1.52. The van der Waals surface area contributed by atoms with Gasteiger partial charge in [-0.1, -0.05) is 0 Å². The number of H-pyrrole nitrogens is 1. The zero-order chi connectivity index (χ0) is 9.14. The molecule has 0 saturated carbocycles. The predicted octanol–water partition coefficient (Wildman–Crippen LogP) is 0.329. The van der Waals surface area contributed by atoms with E-state index in [0.29, 0.717) is 5.82 Å². The fraction of sp³-hybridized carbons (Fsp3) is 0.429. The van der Waals surface area contributed by atoms with Crippen molar-refractivity contribution in [3.8, 4) is 0 Å². The summed E-state index contributed by atoms with van der Waals surface area (Å²) < 4.78 is 0. The normalized spacial score (nSPS) is 10.2. The first kappa shape index (κ1) is 8.58. The van der Waals surface area contributed by atoms with Crippen molar-refractivity contribution < 1.29 is 4.79 Å². The van der Waals surface area contributed by atoms with Crippen LogP contribution in [0.25, 0.3) is 0 Å². The predicted molar refractivity (Wildman–Crippen MR) is 45.9 cm³/mol. The van der Waals surface area contributed by atoms with Crippen molar-refractivity contribution in [2.45, 2.75) is 19.9 Å². The highest BCUT2D eigenvalue weighted by Crippen LogP contribution is 2.08. The lowest BCUT2D eigenvalue weighted by molar-refractivity contribution is 0.0997. The van der Waals surface area contributed by atoms with Gasteiger partial charge in [-0.3, -0.25) is 4.79 Å². The van der Waals surface area contributed by atoms with Crippen molar-refractivity contribution in [2.24, 2.45) is 5.73 Å². The quantitative estimate of drug-likeness (QED) is 0.608. The van der Waals surface area contributed by atoms with Crippen LogP contribution < -0.4 is 11.1 Å². The molecule has 0 radical (unpaired) electrons. The molecule has 1 aromatic rings. The molecule has 0 aliphatic carbocycles. The number of nitrogens with two attached hydrogens (primary N) is 1. The minimum atomic E-state index is -0.528. The fourth-order valence-electron chi connectivity index (χ4n) is 0.880. The minimum Gasteiger partial charge on any atom is -0.367 e. The molecule has 0 fully saturated rings. The monoisotopic (exact) mass is 168 g/mol. The van der Waals surface area contributed by atoms with Crippen molar-refractivity contribution in [3.63, 3.8) is 0 Å². The van der Waals surface area contributed by atoms with Gasteiger partial charge in [-0.05, 0) is 13.8 Å². The molecule has 1 aromatic heterocycles. The van der Waals surface area contributed by atoms with Crippen LogP contribution in [0.4, 0.5) is 5.82 Å². The number of amides is 1. The maximum atomic E-state index is 10.8. The van der Waals surface area contributed by atoms with Gasteiger partial charge in [0.05, 0.1) is 6.33 Å². The summed E-state index contributed by atoms with van der Waals surface area (Å²) in [4.78, 5) is 17.3. The van der Waals surface area contributed by atoms with E-state index >= 15 is 0 Å². The van der Waals surface area contributed by atoms with Crippen LogP contribution in [0, 0.1) is 0 Å². The van der Waals surface area contributed by atoms with Crippen molar-refractivity contribution in [2.75, 3.05) is 5.32 Å². The summed E-state index contributed by atoms with van der Waals surface area (Å²) in [6.07, 6.45) is 1.44. The van der Waals surface area contributed by atoms with Gasteiger partial charge in [0.2, 0.25) is 0 Å². The van der Waals surface area contributed by atoms with Crippen LogP contribution in [0.1, 0.15) is 24.3 Å². The second-order valence-electron chi connectivity index (χ2n) is 2.79. The molecule has 0 aliphatic rings. The Labute approximate surface area is 70.4 Å². The Morgan fingerprint density at radius 3 is 2.92 bits per heavy atom. The van der Waals surface area contributed by atoms with E-state index in [4.69, 9.17) is 5.73 Å². The summed E-state index contributed by atoms with van der Waals surface area (Å²) >= 11 is 0. The van der Waals surface area contributed by atoms with Gasteiger partial charge in [-0.15, -0.1) is 0 Å². The zero-order valence-electron chi connectivity index (χ0n) is 7.09. The number of imidazole rings is 1. The largest absolute Gasteiger partial charge is 0.367 e. The lowest BCUT2D eigenvalue weighted by Crippen LogP contribution is -2.17. The molecule has 1 rings (SSSR count). The topological polar surface area (TPSA) is 83.8 Å². The summed E-state index contributed by atoms with van der Waals surface area (Å²) in [5, 5.41) is 3.02. The molecular weight excluding hydrogens is 156 g/mol. The minimum absolute atomic E-state index is 0.239. The summed E-state index contributed by atoms with van der Waals surface area (Å²) in [7, 11) is 0. The number of nitrogens with one attached hydrogen (secondary N) is 2. The molecule has 5 heteroatoms. The number of anilines is 1. The Balaban J connectivity index is 2.84. The van der Waals surface area contributed by atoms with Gasteiger partial charge in [-0.25, -0.2) is 4.98 Å². The molecule has 0 unspecified atom stereocenters. The van der Waals surface area contributed by atoms with Crippen LogP contribution in [0.15, 0.2) is 6.33 Å². The zero-order valence-corrected chi connectivity index (χ0v) is 7.09. The van der Waals surface area contributed by atoms with Crippen molar-refractivity contribution >= 4 is 11.7 Å². The molecule has 0 spiro atoms. The van der Waals surface area contributed by atoms with E-state index in [9.17, 15) is 4.79 Å². The number of aromatic nitrogens is 2. The van der Waals surface area contributed by atoms with E-state index < -0.39 is 5.91 Å². The average molecular weight is 168 g/mol. The Morgan fingerprint density at radius 2 is 2.42 bits per heavy atom. The van der Waals surface area contributed by atoms with E-state index in [0.717, 1.165) is 0 Å². The maximum Gasteiger partial charge on any atom is 0.271 e. The molecule has 12 heavy (non-hydrogen) atoms. The first-order valence-corrected chi connectivity index (χ1v) is 3.71. The van der Waals surface area contributed by atoms with Gasteiger partial charge in [0.1, 0.15) is 5.82 Å².